The van der Waals surface area contributed by atoms with Crippen molar-refractivity contribution in [1.29, 1.82) is 0 Å². The zero-order chi connectivity index (χ0) is 18.8. The first-order valence-electron chi connectivity index (χ1n) is 8.39. The van der Waals surface area contributed by atoms with E-state index in [1.165, 1.54) is 0 Å². The van der Waals surface area contributed by atoms with E-state index in [0.717, 1.165) is 17.2 Å². The van der Waals surface area contributed by atoms with E-state index in [1.807, 2.05) is 49.4 Å². The number of aromatic nitrogens is 1. The fourth-order valence-electron chi connectivity index (χ4n) is 2.25. The molecular formula is C19H26N4O3. The molecule has 1 aromatic carbocycles. The molecule has 1 atom stereocenters. The van der Waals surface area contributed by atoms with Crippen LogP contribution in [0.25, 0.3) is 0 Å². The van der Waals surface area contributed by atoms with E-state index in [2.05, 4.69) is 20.6 Å². The molecule has 2 aromatic rings. The van der Waals surface area contributed by atoms with Crippen molar-refractivity contribution in [2.75, 3.05) is 27.8 Å². The molecule has 2 rings (SSSR count). The molecule has 26 heavy (non-hydrogen) atoms. The largest absolute Gasteiger partial charge is 0.497 e. The number of ether oxygens (including phenoxy) is 3. The van der Waals surface area contributed by atoms with Gasteiger partial charge in [0, 0.05) is 19.2 Å². The number of methoxy groups -OCH3 is 2. The average molecular weight is 358 g/mol. The Morgan fingerprint density at radius 3 is 2.58 bits per heavy atom. The van der Waals surface area contributed by atoms with Crippen molar-refractivity contribution < 1.29 is 14.2 Å². The standard InChI is InChI=1S/C19H26N4O3/c1-14(26-17-9-6-8-16(11-17)24-3)12-21-19(20-2)22-13-15-7-5-10-18(23-15)25-4/h5-11,14H,12-13H2,1-4H3,(H2,20,21,22). The highest BCUT2D eigenvalue weighted by molar-refractivity contribution is 5.79. The van der Waals surface area contributed by atoms with Crippen LogP contribution in [0.3, 0.4) is 0 Å². The molecule has 1 heterocycles. The second-order valence-electron chi connectivity index (χ2n) is 5.59. The van der Waals surface area contributed by atoms with E-state index in [0.29, 0.717) is 24.9 Å². The Balaban J connectivity index is 1.80. The number of pyridine rings is 1. The third kappa shape index (κ3) is 6.16. The summed E-state index contributed by atoms with van der Waals surface area (Å²) < 4.78 is 16.2. The maximum atomic E-state index is 5.89. The third-order valence-corrected chi connectivity index (χ3v) is 3.59. The first-order valence-corrected chi connectivity index (χ1v) is 8.39. The lowest BCUT2D eigenvalue weighted by Crippen LogP contribution is -2.41. The van der Waals surface area contributed by atoms with E-state index >= 15 is 0 Å². The molecule has 0 amide bonds. The summed E-state index contributed by atoms with van der Waals surface area (Å²) >= 11 is 0. The highest BCUT2D eigenvalue weighted by Crippen LogP contribution is 2.19. The van der Waals surface area contributed by atoms with Crippen LogP contribution in [0.4, 0.5) is 0 Å². The summed E-state index contributed by atoms with van der Waals surface area (Å²) in [7, 11) is 4.96. The highest BCUT2D eigenvalue weighted by Gasteiger charge is 2.07. The molecule has 0 bridgehead atoms. The van der Waals surface area contributed by atoms with Gasteiger partial charge in [-0.25, -0.2) is 4.98 Å². The summed E-state index contributed by atoms with van der Waals surface area (Å²) in [5.41, 5.74) is 0.868. The molecule has 140 valence electrons. The van der Waals surface area contributed by atoms with Gasteiger partial charge >= 0.3 is 0 Å². The number of hydrogen-bond acceptors (Lipinski definition) is 5. The quantitative estimate of drug-likeness (QED) is 0.557. The SMILES string of the molecule is CN=C(NCc1cccc(OC)n1)NCC(C)Oc1cccc(OC)c1. The minimum Gasteiger partial charge on any atom is -0.497 e. The second kappa shape index (κ2) is 10.1. The van der Waals surface area contributed by atoms with E-state index in [4.69, 9.17) is 14.2 Å². The molecule has 1 aromatic heterocycles. The lowest BCUT2D eigenvalue weighted by molar-refractivity contribution is 0.223. The minimum absolute atomic E-state index is 0.0457. The van der Waals surface area contributed by atoms with Gasteiger partial charge in [0.05, 0.1) is 33.0 Å². The van der Waals surface area contributed by atoms with Crippen LogP contribution in [-0.2, 0) is 6.54 Å². The summed E-state index contributed by atoms with van der Waals surface area (Å²) in [4.78, 5) is 8.57. The highest BCUT2D eigenvalue weighted by atomic mass is 16.5. The molecule has 0 aliphatic heterocycles. The Morgan fingerprint density at radius 2 is 1.85 bits per heavy atom. The number of nitrogens with zero attached hydrogens (tertiary/aromatic N) is 2. The molecule has 0 aliphatic carbocycles. The van der Waals surface area contributed by atoms with Crippen LogP contribution in [-0.4, -0.2) is 44.9 Å². The van der Waals surface area contributed by atoms with E-state index in [9.17, 15) is 0 Å². The van der Waals surface area contributed by atoms with Crippen molar-refractivity contribution in [2.24, 2.45) is 4.99 Å². The van der Waals surface area contributed by atoms with Crippen molar-refractivity contribution in [1.82, 2.24) is 15.6 Å². The Hall–Kier alpha value is -2.96. The first-order chi connectivity index (χ1) is 12.6. The number of benzene rings is 1. The predicted molar refractivity (Wildman–Crippen MR) is 102 cm³/mol. The molecular weight excluding hydrogens is 332 g/mol. The molecule has 0 spiro atoms. The summed E-state index contributed by atoms with van der Waals surface area (Å²) in [6.07, 6.45) is -0.0457. The van der Waals surface area contributed by atoms with Crippen LogP contribution in [0.2, 0.25) is 0 Å². The molecule has 0 aliphatic rings. The van der Waals surface area contributed by atoms with Gasteiger partial charge in [-0.1, -0.05) is 12.1 Å². The van der Waals surface area contributed by atoms with Crippen LogP contribution >= 0.6 is 0 Å². The van der Waals surface area contributed by atoms with Gasteiger partial charge in [0.1, 0.15) is 17.6 Å². The lowest BCUT2D eigenvalue weighted by Gasteiger charge is -2.18. The van der Waals surface area contributed by atoms with Gasteiger partial charge in [-0.2, -0.15) is 0 Å². The monoisotopic (exact) mass is 358 g/mol. The molecule has 0 radical (unpaired) electrons. The van der Waals surface area contributed by atoms with Crippen LogP contribution in [0.15, 0.2) is 47.5 Å². The topological polar surface area (TPSA) is 77.0 Å². The summed E-state index contributed by atoms with van der Waals surface area (Å²) in [6, 6.07) is 13.2. The molecule has 1 unspecified atom stereocenters. The fraction of sp³-hybridized carbons (Fsp3) is 0.368. The Morgan fingerprint density at radius 1 is 1.08 bits per heavy atom. The second-order valence-corrected chi connectivity index (χ2v) is 5.59. The number of nitrogens with one attached hydrogen (secondary N) is 2. The third-order valence-electron chi connectivity index (χ3n) is 3.59. The predicted octanol–water partition coefficient (Wildman–Crippen LogP) is 2.23. The minimum atomic E-state index is -0.0457. The van der Waals surface area contributed by atoms with Gasteiger partial charge in [0.2, 0.25) is 5.88 Å². The fourth-order valence-corrected chi connectivity index (χ4v) is 2.25. The van der Waals surface area contributed by atoms with Crippen molar-refractivity contribution in [3.63, 3.8) is 0 Å². The van der Waals surface area contributed by atoms with E-state index in [1.54, 1.807) is 21.3 Å². The van der Waals surface area contributed by atoms with Crippen molar-refractivity contribution in [2.45, 2.75) is 19.6 Å². The smallest absolute Gasteiger partial charge is 0.213 e. The van der Waals surface area contributed by atoms with E-state index in [-0.39, 0.29) is 6.10 Å². The Bertz CT molecular complexity index is 721. The molecule has 0 saturated carbocycles. The molecule has 2 N–H and O–H groups in total. The van der Waals surface area contributed by atoms with Crippen LogP contribution < -0.4 is 24.8 Å². The van der Waals surface area contributed by atoms with Gasteiger partial charge in [-0.15, -0.1) is 0 Å². The van der Waals surface area contributed by atoms with Crippen molar-refractivity contribution in [3.8, 4) is 17.4 Å². The molecule has 7 nitrogen and oxygen atoms in total. The zero-order valence-corrected chi connectivity index (χ0v) is 15.7. The Kier molecular flexibility index (Phi) is 7.54. The maximum absolute atomic E-state index is 5.89. The van der Waals surface area contributed by atoms with Gasteiger partial charge in [0.25, 0.3) is 0 Å². The zero-order valence-electron chi connectivity index (χ0n) is 15.7. The summed E-state index contributed by atoms with van der Waals surface area (Å²) in [5.74, 6) is 2.80. The summed E-state index contributed by atoms with van der Waals surface area (Å²) in [6.45, 7) is 3.13. The van der Waals surface area contributed by atoms with Crippen LogP contribution in [0.1, 0.15) is 12.6 Å². The number of guanidine groups is 1. The summed E-state index contributed by atoms with van der Waals surface area (Å²) in [5, 5.41) is 6.46. The lowest BCUT2D eigenvalue weighted by atomic mass is 10.3. The van der Waals surface area contributed by atoms with Crippen LogP contribution in [0, 0.1) is 0 Å². The normalized spacial score (nSPS) is 12.2. The number of aliphatic imine (C=N–C) groups is 1. The van der Waals surface area contributed by atoms with E-state index < -0.39 is 0 Å². The maximum Gasteiger partial charge on any atom is 0.213 e. The van der Waals surface area contributed by atoms with Crippen molar-refractivity contribution >= 4 is 5.96 Å². The van der Waals surface area contributed by atoms with Crippen LogP contribution in [0.5, 0.6) is 17.4 Å². The van der Waals surface area contributed by atoms with Gasteiger partial charge in [-0.3, -0.25) is 4.99 Å². The van der Waals surface area contributed by atoms with Crippen molar-refractivity contribution in [3.05, 3.63) is 48.2 Å². The molecule has 0 fully saturated rings. The average Bonchev–Trinajstić information content (AvgIpc) is 2.68. The number of hydrogen-bond donors (Lipinski definition) is 2. The first kappa shape index (κ1) is 19.4. The van der Waals surface area contributed by atoms with Gasteiger partial charge < -0.3 is 24.8 Å². The van der Waals surface area contributed by atoms with Gasteiger partial charge in [-0.05, 0) is 25.1 Å². The molecule has 7 heteroatoms. The number of rotatable bonds is 8. The Labute approximate surface area is 154 Å². The van der Waals surface area contributed by atoms with Gasteiger partial charge in [0.15, 0.2) is 5.96 Å². The molecule has 0 saturated heterocycles.